The van der Waals surface area contributed by atoms with Crippen LogP contribution in [0.1, 0.15) is 6.42 Å². The van der Waals surface area contributed by atoms with E-state index in [1.807, 2.05) is 11.0 Å². The van der Waals surface area contributed by atoms with E-state index in [2.05, 4.69) is 4.98 Å². The van der Waals surface area contributed by atoms with Gasteiger partial charge in [0.05, 0.1) is 11.5 Å². The molecule has 17 heavy (non-hydrogen) atoms. The number of β-amino-alcohol motifs (C(OH)–C–C–N with tert-alkyl or cyclic N) is 1. The van der Waals surface area contributed by atoms with Crippen molar-refractivity contribution in [2.24, 2.45) is 0 Å². The van der Waals surface area contributed by atoms with Crippen LogP contribution in [0.5, 0.6) is 0 Å². The maximum atomic E-state index is 13.9. The predicted molar refractivity (Wildman–Crippen MR) is 64.5 cm³/mol. The first kappa shape index (κ1) is 10.5. The number of halogens is 1. The van der Waals surface area contributed by atoms with Crippen LogP contribution in [0.4, 0.5) is 10.2 Å². The number of anilines is 1. The number of pyridine rings is 1. The van der Waals surface area contributed by atoms with Gasteiger partial charge in [0.15, 0.2) is 0 Å². The Bertz CT molecular complexity index is 553. The molecule has 1 aliphatic heterocycles. The second-order valence-corrected chi connectivity index (χ2v) is 4.36. The Balaban J connectivity index is 2.16. The van der Waals surface area contributed by atoms with Crippen molar-refractivity contribution in [3.8, 4) is 0 Å². The highest BCUT2D eigenvalue weighted by Gasteiger charge is 2.23. The topological polar surface area (TPSA) is 36.4 Å². The highest BCUT2D eigenvalue weighted by Crippen LogP contribution is 2.29. The van der Waals surface area contributed by atoms with Gasteiger partial charge in [0, 0.05) is 19.3 Å². The van der Waals surface area contributed by atoms with E-state index in [0.29, 0.717) is 24.2 Å². The normalized spacial score (nSPS) is 20.1. The van der Waals surface area contributed by atoms with Gasteiger partial charge in [-0.25, -0.2) is 9.37 Å². The fourth-order valence-corrected chi connectivity index (χ4v) is 2.34. The van der Waals surface area contributed by atoms with Gasteiger partial charge in [-0.3, -0.25) is 0 Å². The number of rotatable bonds is 1. The highest BCUT2D eigenvalue weighted by molar-refractivity contribution is 5.92. The van der Waals surface area contributed by atoms with Gasteiger partial charge in [0.25, 0.3) is 0 Å². The smallest absolute Gasteiger partial charge is 0.139 e. The first-order valence-corrected chi connectivity index (χ1v) is 5.72. The Morgan fingerprint density at radius 1 is 1.35 bits per heavy atom. The summed E-state index contributed by atoms with van der Waals surface area (Å²) in [5.74, 6) is 0.379. The van der Waals surface area contributed by atoms with Crippen LogP contribution in [-0.2, 0) is 0 Å². The van der Waals surface area contributed by atoms with Gasteiger partial charge in [-0.05, 0) is 23.9 Å². The van der Waals surface area contributed by atoms with E-state index in [4.69, 9.17) is 0 Å². The second kappa shape index (κ2) is 3.96. The SMILES string of the molecule is O[C@H]1CCN(c2nccc3cccc(F)c23)C1. The molecule has 0 radical (unpaired) electrons. The van der Waals surface area contributed by atoms with Crippen LogP contribution in [0.25, 0.3) is 10.8 Å². The molecule has 1 aliphatic rings. The van der Waals surface area contributed by atoms with Gasteiger partial charge in [-0.15, -0.1) is 0 Å². The highest BCUT2D eigenvalue weighted by atomic mass is 19.1. The largest absolute Gasteiger partial charge is 0.391 e. The Morgan fingerprint density at radius 2 is 2.24 bits per heavy atom. The lowest BCUT2D eigenvalue weighted by molar-refractivity contribution is 0.198. The fourth-order valence-electron chi connectivity index (χ4n) is 2.34. The molecule has 0 spiro atoms. The van der Waals surface area contributed by atoms with Crippen LogP contribution in [0, 0.1) is 5.82 Å². The predicted octanol–water partition coefficient (Wildman–Crippen LogP) is 1.94. The molecule has 1 N–H and O–H groups in total. The third kappa shape index (κ3) is 1.74. The van der Waals surface area contributed by atoms with Crippen LogP contribution >= 0.6 is 0 Å². The van der Waals surface area contributed by atoms with E-state index in [1.54, 1.807) is 18.3 Å². The zero-order valence-electron chi connectivity index (χ0n) is 9.31. The molecule has 1 aromatic heterocycles. The van der Waals surface area contributed by atoms with E-state index < -0.39 is 0 Å². The minimum absolute atomic E-state index is 0.257. The first-order chi connectivity index (χ1) is 8.25. The quantitative estimate of drug-likeness (QED) is 0.816. The molecule has 2 aromatic rings. The minimum Gasteiger partial charge on any atom is -0.391 e. The molecule has 0 aliphatic carbocycles. The summed E-state index contributed by atoms with van der Waals surface area (Å²) in [4.78, 5) is 6.20. The van der Waals surface area contributed by atoms with Gasteiger partial charge >= 0.3 is 0 Å². The lowest BCUT2D eigenvalue weighted by Crippen LogP contribution is -2.22. The molecule has 88 valence electrons. The van der Waals surface area contributed by atoms with Crippen LogP contribution in [0.15, 0.2) is 30.5 Å². The molecular formula is C13H13FN2O. The van der Waals surface area contributed by atoms with Gasteiger partial charge in [-0.2, -0.15) is 0 Å². The van der Waals surface area contributed by atoms with Gasteiger partial charge < -0.3 is 10.0 Å². The Morgan fingerprint density at radius 3 is 3.00 bits per heavy atom. The summed E-state index contributed by atoms with van der Waals surface area (Å²) in [5.41, 5.74) is 0. The number of hydrogen-bond acceptors (Lipinski definition) is 3. The van der Waals surface area contributed by atoms with Crippen molar-refractivity contribution in [3.05, 3.63) is 36.3 Å². The summed E-state index contributed by atoms with van der Waals surface area (Å²) in [5, 5.41) is 10.9. The van der Waals surface area contributed by atoms with Crippen molar-refractivity contribution >= 4 is 16.6 Å². The monoisotopic (exact) mass is 232 g/mol. The van der Waals surface area contributed by atoms with E-state index in [1.165, 1.54) is 6.07 Å². The number of aromatic nitrogens is 1. The summed E-state index contributed by atoms with van der Waals surface area (Å²) in [6, 6.07) is 6.81. The van der Waals surface area contributed by atoms with Crippen molar-refractivity contribution < 1.29 is 9.50 Å². The van der Waals surface area contributed by atoms with Crippen molar-refractivity contribution in [2.75, 3.05) is 18.0 Å². The third-order valence-electron chi connectivity index (χ3n) is 3.18. The van der Waals surface area contributed by atoms with Crippen molar-refractivity contribution in [1.29, 1.82) is 0 Å². The molecule has 1 aromatic carbocycles. The van der Waals surface area contributed by atoms with Gasteiger partial charge in [0.1, 0.15) is 11.6 Å². The van der Waals surface area contributed by atoms with Gasteiger partial charge in [-0.1, -0.05) is 12.1 Å². The maximum absolute atomic E-state index is 13.9. The van der Waals surface area contributed by atoms with Crippen LogP contribution in [0.2, 0.25) is 0 Å². The summed E-state index contributed by atoms with van der Waals surface area (Å²) in [6.07, 6.45) is 2.06. The molecular weight excluding hydrogens is 219 g/mol. The molecule has 4 heteroatoms. The molecule has 1 atom stereocenters. The summed E-state index contributed by atoms with van der Waals surface area (Å²) >= 11 is 0. The van der Waals surface area contributed by atoms with E-state index >= 15 is 0 Å². The lowest BCUT2D eigenvalue weighted by atomic mass is 10.1. The van der Waals surface area contributed by atoms with E-state index in [-0.39, 0.29) is 11.9 Å². The number of aliphatic hydroxyl groups excluding tert-OH is 1. The molecule has 0 bridgehead atoms. The lowest BCUT2D eigenvalue weighted by Gasteiger charge is -2.18. The molecule has 0 amide bonds. The standard InChI is InChI=1S/C13H13FN2O/c14-11-3-1-2-9-4-6-15-13(12(9)11)16-7-5-10(17)8-16/h1-4,6,10,17H,5,7-8H2/t10-/m0/s1. The minimum atomic E-state index is -0.334. The number of nitrogens with zero attached hydrogens (tertiary/aromatic N) is 2. The Labute approximate surface area is 98.5 Å². The zero-order valence-corrected chi connectivity index (χ0v) is 9.31. The molecule has 3 nitrogen and oxygen atoms in total. The molecule has 1 saturated heterocycles. The first-order valence-electron chi connectivity index (χ1n) is 5.72. The van der Waals surface area contributed by atoms with E-state index in [9.17, 15) is 9.50 Å². The Hall–Kier alpha value is -1.68. The molecule has 0 saturated carbocycles. The van der Waals surface area contributed by atoms with Crippen LogP contribution in [-0.4, -0.2) is 29.3 Å². The number of hydrogen-bond donors (Lipinski definition) is 1. The Kier molecular flexibility index (Phi) is 2.44. The van der Waals surface area contributed by atoms with Crippen LogP contribution < -0.4 is 4.90 Å². The summed E-state index contributed by atoms with van der Waals surface area (Å²) in [6.45, 7) is 1.25. The summed E-state index contributed by atoms with van der Waals surface area (Å²) < 4.78 is 13.9. The second-order valence-electron chi connectivity index (χ2n) is 4.36. The maximum Gasteiger partial charge on any atom is 0.139 e. The molecule has 3 rings (SSSR count). The van der Waals surface area contributed by atoms with Crippen LogP contribution in [0.3, 0.4) is 0 Å². The van der Waals surface area contributed by atoms with Crippen molar-refractivity contribution in [2.45, 2.75) is 12.5 Å². The zero-order chi connectivity index (χ0) is 11.8. The number of fused-ring (bicyclic) bond motifs is 1. The molecule has 0 unspecified atom stereocenters. The average molecular weight is 232 g/mol. The third-order valence-corrected chi connectivity index (χ3v) is 3.18. The van der Waals surface area contributed by atoms with Gasteiger partial charge in [0.2, 0.25) is 0 Å². The van der Waals surface area contributed by atoms with Crippen molar-refractivity contribution in [3.63, 3.8) is 0 Å². The molecule has 2 heterocycles. The summed E-state index contributed by atoms with van der Waals surface area (Å²) in [7, 11) is 0. The average Bonchev–Trinajstić information content (AvgIpc) is 2.75. The number of aliphatic hydroxyl groups is 1. The number of benzene rings is 1. The fraction of sp³-hybridized carbons (Fsp3) is 0.308. The molecule has 1 fully saturated rings. The van der Waals surface area contributed by atoms with E-state index in [0.717, 1.165) is 11.9 Å². The van der Waals surface area contributed by atoms with Crippen molar-refractivity contribution in [1.82, 2.24) is 4.98 Å².